The Morgan fingerprint density at radius 3 is 2.48 bits per heavy atom. The lowest BCUT2D eigenvalue weighted by Crippen LogP contribution is -2.54. The maximum Gasteiger partial charge on any atom is 0.325 e. The van der Waals surface area contributed by atoms with Crippen molar-refractivity contribution in [2.45, 2.75) is 38.8 Å². The van der Waals surface area contributed by atoms with Crippen LogP contribution in [0.3, 0.4) is 0 Å². The number of aromatic nitrogens is 3. The number of likely N-dealkylation sites (tertiary alicyclic amines) is 1. The molecule has 0 saturated carbocycles. The number of nitrogens with one attached hydrogen (secondary N) is 2. The first-order chi connectivity index (χ1) is 13.0. The zero-order valence-corrected chi connectivity index (χ0v) is 16.1. The number of hydrogen-bond donors (Lipinski definition) is 2. The largest absolute Gasteiger partial charge is 0.338 e. The number of nitrogens with zero attached hydrogens (tertiary/aromatic N) is 4. The number of H-pyrrole nitrogens is 2. The number of piperidine rings is 1. The molecule has 2 N–H and O–H groups in total. The molecule has 2 aromatic heterocycles. The van der Waals surface area contributed by atoms with Crippen molar-refractivity contribution in [2.75, 3.05) is 39.3 Å². The van der Waals surface area contributed by atoms with Gasteiger partial charge in [-0.25, -0.2) is 9.78 Å². The van der Waals surface area contributed by atoms with Gasteiger partial charge in [0.05, 0.1) is 11.1 Å². The van der Waals surface area contributed by atoms with E-state index in [1.54, 1.807) is 12.3 Å². The second kappa shape index (κ2) is 7.44. The van der Waals surface area contributed by atoms with E-state index < -0.39 is 0 Å². The number of piperazine rings is 1. The molecular formula is C19H28N6O2. The SMILES string of the molecule is CC(C)N1CCN(C2CCN(C(=O)c3cnc4[nH]c(=O)[nH]c4c3)CC2)CC1. The first kappa shape index (κ1) is 18.2. The smallest absolute Gasteiger partial charge is 0.325 e. The molecule has 8 nitrogen and oxygen atoms in total. The molecule has 2 fully saturated rings. The predicted octanol–water partition coefficient (Wildman–Crippen LogP) is 0.882. The van der Waals surface area contributed by atoms with E-state index in [4.69, 9.17) is 0 Å². The molecule has 146 valence electrons. The molecule has 0 bridgehead atoms. The lowest BCUT2D eigenvalue weighted by Gasteiger charge is -2.43. The van der Waals surface area contributed by atoms with Crippen LogP contribution in [0.4, 0.5) is 0 Å². The topological polar surface area (TPSA) is 88.3 Å². The third kappa shape index (κ3) is 3.77. The van der Waals surface area contributed by atoms with E-state index in [9.17, 15) is 9.59 Å². The zero-order valence-electron chi connectivity index (χ0n) is 16.1. The minimum Gasteiger partial charge on any atom is -0.338 e. The van der Waals surface area contributed by atoms with Crippen LogP contribution >= 0.6 is 0 Å². The van der Waals surface area contributed by atoms with Gasteiger partial charge in [-0.2, -0.15) is 0 Å². The number of imidazole rings is 1. The van der Waals surface area contributed by atoms with Gasteiger partial charge < -0.3 is 9.88 Å². The molecule has 2 aliphatic rings. The Bertz CT molecular complexity index is 856. The monoisotopic (exact) mass is 372 g/mol. The van der Waals surface area contributed by atoms with Gasteiger partial charge in [-0.3, -0.25) is 19.6 Å². The summed E-state index contributed by atoms with van der Waals surface area (Å²) < 4.78 is 0. The molecule has 0 spiro atoms. The van der Waals surface area contributed by atoms with Crippen LogP contribution in [-0.4, -0.2) is 86.9 Å². The van der Waals surface area contributed by atoms with Crippen LogP contribution in [0.15, 0.2) is 17.1 Å². The summed E-state index contributed by atoms with van der Waals surface area (Å²) in [6.45, 7) is 10.6. The van der Waals surface area contributed by atoms with Crippen LogP contribution in [0.25, 0.3) is 11.2 Å². The first-order valence-corrected chi connectivity index (χ1v) is 9.86. The van der Waals surface area contributed by atoms with Gasteiger partial charge in [0, 0.05) is 57.5 Å². The van der Waals surface area contributed by atoms with Gasteiger partial charge in [-0.15, -0.1) is 0 Å². The van der Waals surface area contributed by atoms with Gasteiger partial charge in [0.1, 0.15) is 0 Å². The lowest BCUT2D eigenvalue weighted by molar-refractivity contribution is 0.0420. The Morgan fingerprint density at radius 2 is 1.81 bits per heavy atom. The molecule has 2 aliphatic heterocycles. The summed E-state index contributed by atoms with van der Waals surface area (Å²) in [6, 6.07) is 2.90. The number of carbonyl (C=O) groups excluding carboxylic acids is 1. The summed E-state index contributed by atoms with van der Waals surface area (Å²) in [5.74, 6) is -0.00507. The Kier molecular flexibility index (Phi) is 5.01. The van der Waals surface area contributed by atoms with E-state index >= 15 is 0 Å². The normalized spacial score (nSPS) is 20.6. The standard InChI is InChI=1S/C19H28N6O2/c1-13(2)23-7-9-24(10-8-23)15-3-5-25(6-4-15)18(26)14-11-16-17(20-12-14)22-19(27)21-16/h11-13,15H,3-10H2,1-2H3,(H2,20,21,22,27). The molecule has 2 saturated heterocycles. The van der Waals surface area contributed by atoms with E-state index in [1.807, 2.05) is 4.90 Å². The van der Waals surface area contributed by atoms with Crippen LogP contribution < -0.4 is 5.69 Å². The van der Waals surface area contributed by atoms with Gasteiger partial charge in [-0.05, 0) is 32.8 Å². The number of amides is 1. The van der Waals surface area contributed by atoms with Crippen LogP contribution in [0.2, 0.25) is 0 Å². The molecule has 1 amide bonds. The van der Waals surface area contributed by atoms with E-state index in [1.165, 1.54) is 0 Å². The molecule has 0 aromatic carbocycles. The van der Waals surface area contributed by atoms with Crippen molar-refractivity contribution < 1.29 is 4.79 Å². The number of carbonyl (C=O) groups is 1. The molecule has 2 aromatic rings. The van der Waals surface area contributed by atoms with Crippen molar-refractivity contribution in [1.29, 1.82) is 0 Å². The predicted molar refractivity (Wildman–Crippen MR) is 104 cm³/mol. The second-order valence-electron chi connectivity index (χ2n) is 7.89. The van der Waals surface area contributed by atoms with Gasteiger partial charge >= 0.3 is 5.69 Å². The Hall–Kier alpha value is -2.19. The fourth-order valence-corrected chi connectivity index (χ4v) is 4.27. The molecule has 0 atom stereocenters. The number of pyridine rings is 1. The van der Waals surface area contributed by atoms with E-state index in [0.717, 1.165) is 52.1 Å². The average Bonchev–Trinajstić information content (AvgIpc) is 3.07. The fraction of sp³-hybridized carbons (Fsp3) is 0.632. The summed E-state index contributed by atoms with van der Waals surface area (Å²) in [6.07, 6.45) is 3.58. The van der Waals surface area contributed by atoms with Crippen molar-refractivity contribution in [1.82, 2.24) is 29.7 Å². The van der Waals surface area contributed by atoms with Crippen LogP contribution in [0, 0.1) is 0 Å². The fourth-order valence-electron chi connectivity index (χ4n) is 4.27. The van der Waals surface area contributed by atoms with Crippen LogP contribution in [-0.2, 0) is 0 Å². The van der Waals surface area contributed by atoms with Crippen molar-refractivity contribution in [2.24, 2.45) is 0 Å². The van der Waals surface area contributed by atoms with Gasteiger partial charge in [-0.1, -0.05) is 0 Å². The minimum atomic E-state index is -0.305. The summed E-state index contributed by atoms with van der Waals surface area (Å²) in [4.78, 5) is 40.7. The van der Waals surface area contributed by atoms with Crippen molar-refractivity contribution in [3.05, 3.63) is 28.3 Å². The minimum absolute atomic E-state index is 0.00507. The van der Waals surface area contributed by atoms with Gasteiger partial charge in [0.25, 0.3) is 5.91 Å². The Balaban J connectivity index is 1.34. The summed E-state index contributed by atoms with van der Waals surface area (Å²) in [5.41, 5.74) is 1.28. The van der Waals surface area contributed by atoms with E-state index in [2.05, 4.69) is 38.6 Å². The Labute approximate surface area is 158 Å². The van der Waals surface area contributed by atoms with Gasteiger partial charge in [0.2, 0.25) is 0 Å². The third-order valence-electron chi connectivity index (χ3n) is 5.96. The maximum atomic E-state index is 12.8. The lowest BCUT2D eigenvalue weighted by atomic mass is 10.0. The highest BCUT2D eigenvalue weighted by Crippen LogP contribution is 2.21. The second-order valence-corrected chi connectivity index (χ2v) is 7.89. The first-order valence-electron chi connectivity index (χ1n) is 9.86. The van der Waals surface area contributed by atoms with Crippen LogP contribution in [0.1, 0.15) is 37.0 Å². The molecule has 0 unspecified atom stereocenters. The quantitative estimate of drug-likeness (QED) is 0.835. The van der Waals surface area contributed by atoms with Crippen molar-refractivity contribution in [3.63, 3.8) is 0 Å². The molecule has 4 rings (SSSR count). The molecular weight excluding hydrogens is 344 g/mol. The molecule has 4 heterocycles. The Morgan fingerprint density at radius 1 is 1.11 bits per heavy atom. The summed E-state index contributed by atoms with van der Waals surface area (Å²) in [7, 11) is 0. The zero-order chi connectivity index (χ0) is 19.0. The van der Waals surface area contributed by atoms with E-state index in [0.29, 0.717) is 28.8 Å². The third-order valence-corrected chi connectivity index (χ3v) is 5.96. The highest BCUT2D eigenvalue weighted by molar-refractivity contribution is 5.96. The summed E-state index contributed by atoms with van der Waals surface area (Å²) >= 11 is 0. The van der Waals surface area contributed by atoms with E-state index in [-0.39, 0.29) is 11.6 Å². The number of fused-ring (bicyclic) bond motifs is 1. The van der Waals surface area contributed by atoms with Crippen LogP contribution in [0.5, 0.6) is 0 Å². The molecule has 0 radical (unpaired) electrons. The molecule has 27 heavy (non-hydrogen) atoms. The average molecular weight is 372 g/mol. The van der Waals surface area contributed by atoms with Crippen molar-refractivity contribution >= 4 is 17.1 Å². The highest BCUT2D eigenvalue weighted by atomic mass is 16.2. The molecule has 8 heteroatoms. The highest BCUT2D eigenvalue weighted by Gasteiger charge is 2.30. The summed E-state index contributed by atoms with van der Waals surface area (Å²) in [5, 5.41) is 0. The van der Waals surface area contributed by atoms with Gasteiger partial charge in [0.15, 0.2) is 5.65 Å². The molecule has 0 aliphatic carbocycles. The number of hydrogen-bond acceptors (Lipinski definition) is 5. The van der Waals surface area contributed by atoms with Crippen molar-refractivity contribution in [3.8, 4) is 0 Å². The number of aromatic amines is 2. The number of rotatable bonds is 3. The maximum absolute atomic E-state index is 12.8.